The number of benzene rings is 2. The molecule has 4 nitrogen and oxygen atoms in total. The second-order valence-corrected chi connectivity index (χ2v) is 5.96. The van der Waals surface area contributed by atoms with Gasteiger partial charge in [0, 0.05) is 15.7 Å². The van der Waals surface area contributed by atoms with Crippen LogP contribution in [0.25, 0.3) is 0 Å². The number of rotatable bonds is 4. The standard InChI is InChI=1S/C15H14ClIN2O2/c1-21-14-5-2-9(6-13(14)18)8-19-15(20)10-3-4-12(17)11(16)7-10/h2-7H,8,18H2,1H3,(H,19,20). The highest BCUT2D eigenvalue weighted by Gasteiger charge is 2.08. The molecule has 0 spiro atoms. The van der Waals surface area contributed by atoms with Crippen LogP contribution in [0.3, 0.4) is 0 Å². The summed E-state index contributed by atoms with van der Waals surface area (Å²) < 4.78 is 6.00. The monoisotopic (exact) mass is 416 g/mol. The number of nitrogen functional groups attached to an aromatic ring is 1. The maximum Gasteiger partial charge on any atom is 0.251 e. The van der Waals surface area contributed by atoms with Gasteiger partial charge in [0.05, 0.1) is 17.8 Å². The molecular weight excluding hydrogens is 403 g/mol. The molecule has 3 N–H and O–H groups in total. The Kier molecular flexibility index (Phi) is 5.30. The van der Waals surface area contributed by atoms with Crippen molar-refractivity contribution < 1.29 is 9.53 Å². The van der Waals surface area contributed by atoms with Gasteiger partial charge in [-0.25, -0.2) is 0 Å². The normalized spacial score (nSPS) is 10.2. The van der Waals surface area contributed by atoms with Crippen molar-refractivity contribution in [3.8, 4) is 5.75 Å². The van der Waals surface area contributed by atoms with Crippen LogP contribution in [-0.4, -0.2) is 13.0 Å². The Morgan fingerprint density at radius 2 is 2.10 bits per heavy atom. The van der Waals surface area contributed by atoms with Gasteiger partial charge in [0.15, 0.2) is 0 Å². The van der Waals surface area contributed by atoms with E-state index < -0.39 is 0 Å². The molecule has 6 heteroatoms. The first-order valence-corrected chi connectivity index (χ1v) is 7.62. The van der Waals surface area contributed by atoms with Gasteiger partial charge in [0.25, 0.3) is 5.91 Å². The van der Waals surface area contributed by atoms with Gasteiger partial charge >= 0.3 is 0 Å². The number of carbonyl (C=O) groups excluding carboxylic acids is 1. The van der Waals surface area contributed by atoms with E-state index in [9.17, 15) is 4.79 Å². The van der Waals surface area contributed by atoms with Crippen molar-refractivity contribution in [2.75, 3.05) is 12.8 Å². The van der Waals surface area contributed by atoms with Crippen LogP contribution in [0.15, 0.2) is 36.4 Å². The zero-order valence-electron chi connectivity index (χ0n) is 11.3. The second kappa shape index (κ2) is 7.00. The highest BCUT2D eigenvalue weighted by atomic mass is 127. The van der Waals surface area contributed by atoms with Gasteiger partial charge in [0.1, 0.15) is 5.75 Å². The van der Waals surface area contributed by atoms with Crippen LogP contribution in [0.5, 0.6) is 5.75 Å². The molecule has 0 atom stereocenters. The Bertz CT molecular complexity index is 677. The molecule has 0 heterocycles. The van der Waals surface area contributed by atoms with Crippen LogP contribution >= 0.6 is 34.2 Å². The fourth-order valence-electron chi connectivity index (χ4n) is 1.82. The maximum atomic E-state index is 12.1. The van der Waals surface area contributed by atoms with Crippen LogP contribution in [0.2, 0.25) is 5.02 Å². The lowest BCUT2D eigenvalue weighted by atomic mass is 10.1. The molecular formula is C15H14ClIN2O2. The van der Waals surface area contributed by atoms with E-state index in [1.807, 2.05) is 12.1 Å². The van der Waals surface area contributed by atoms with Crippen molar-refractivity contribution in [2.24, 2.45) is 0 Å². The fraction of sp³-hybridized carbons (Fsp3) is 0.133. The van der Waals surface area contributed by atoms with Gasteiger partial charge in [-0.3, -0.25) is 4.79 Å². The molecule has 0 aliphatic rings. The van der Waals surface area contributed by atoms with Crippen LogP contribution in [-0.2, 0) is 6.54 Å². The highest BCUT2D eigenvalue weighted by molar-refractivity contribution is 14.1. The summed E-state index contributed by atoms with van der Waals surface area (Å²) in [4.78, 5) is 12.1. The Morgan fingerprint density at radius 3 is 2.71 bits per heavy atom. The molecule has 21 heavy (non-hydrogen) atoms. The predicted molar refractivity (Wildman–Crippen MR) is 92.7 cm³/mol. The van der Waals surface area contributed by atoms with Crippen LogP contribution in [0.4, 0.5) is 5.69 Å². The molecule has 0 saturated heterocycles. The number of hydrogen-bond acceptors (Lipinski definition) is 3. The molecule has 0 bridgehead atoms. The van der Waals surface area contributed by atoms with Crippen LogP contribution in [0.1, 0.15) is 15.9 Å². The van der Waals surface area contributed by atoms with Crippen molar-refractivity contribution in [3.63, 3.8) is 0 Å². The smallest absolute Gasteiger partial charge is 0.251 e. The lowest BCUT2D eigenvalue weighted by Gasteiger charge is -2.09. The second-order valence-electron chi connectivity index (χ2n) is 4.39. The largest absolute Gasteiger partial charge is 0.495 e. The first-order valence-electron chi connectivity index (χ1n) is 6.17. The number of nitrogens with two attached hydrogens (primary N) is 1. The third-order valence-corrected chi connectivity index (χ3v) is 4.50. The quantitative estimate of drug-likeness (QED) is 0.593. The summed E-state index contributed by atoms with van der Waals surface area (Å²) >= 11 is 8.13. The first-order chi connectivity index (χ1) is 10.0. The number of ether oxygens (including phenoxy) is 1. The first kappa shape index (κ1) is 15.9. The Morgan fingerprint density at radius 1 is 1.33 bits per heavy atom. The summed E-state index contributed by atoms with van der Waals surface area (Å²) in [6.45, 7) is 0.386. The van der Waals surface area contributed by atoms with Gasteiger partial charge in [-0.1, -0.05) is 17.7 Å². The Labute approximate surface area is 141 Å². The summed E-state index contributed by atoms with van der Waals surface area (Å²) in [5, 5.41) is 3.40. The zero-order chi connectivity index (χ0) is 15.4. The highest BCUT2D eigenvalue weighted by Crippen LogP contribution is 2.22. The lowest BCUT2D eigenvalue weighted by molar-refractivity contribution is 0.0951. The zero-order valence-corrected chi connectivity index (χ0v) is 14.2. The minimum absolute atomic E-state index is 0.178. The van der Waals surface area contributed by atoms with Crippen molar-refractivity contribution in [3.05, 3.63) is 56.1 Å². The van der Waals surface area contributed by atoms with Crippen molar-refractivity contribution in [2.45, 2.75) is 6.54 Å². The number of methoxy groups -OCH3 is 1. The summed E-state index contributed by atoms with van der Waals surface area (Å²) in [6, 6.07) is 10.6. The molecule has 0 saturated carbocycles. The number of halogens is 2. The summed E-state index contributed by atoms with van der Waals surface area (Å²) in [6.07, 6.45) is 0. The summed E-state index contributed by atoms with van der Waals surface area (Å²) in [5.41, 5.74) is 7.80. The van der Waals surface area contributed by atoms with E-state index in [1.165, 1.54) is 0 Å². The number of hydrogen-bond donors (Lipinski definition) is 2. The molecule has 0 aliphatic carbocycles. The van der Waals surface area contributed by atoms with E-state index in [1.54, 1.807) is 31.4 Å². The molecule has 0 fully saturated rings. The van der Waals surface area contributed by atoms with Crippen molar-refractivity contribution in [1.82, 2.24) is 5.32 Å². The number of carbonyl (C=O) groups is 1. The minimum atomic E-state index is -0.178. The average molecular weight is 417 g/mol. The SMILES string of the molecule is COc1ccc(CNC(=O)c2ccc(I)c(Cl)c2)cc1N. The van der Waals surface area contributed by atoms with Gasteiger partial charge in [-0.2, -0.15) is 0 Å². The van der Waals surface area contributed by atoms with Crippen LogP contribution in [0, 0.1) is 3.57 Å². The molecule has 2 rings (SSSR count). The molecule has 2 aromatic rings. The minimum Gasteiger partial charge on any atom is -0.495 e. The molecule has 2 aromatic carbocycles. The van der Waals surface area contributed by atoms with Crippen LogP contribution < -0.4 is 15.8 Å². The Hall–Kier alpha value is -1.47. The van der Waals surface area contributed by atoms with E-state index in [-0.39, 0.29) is 5.91 Å². The fourth-order valence-corrected chi connectivity index (χ4v) is 2.33. The number of anilines is 1. The summed E-state index contributed by atoms with van der Waals surface area (Å²) in [5.74, 6) is 0.442. The molecule has 0 aromatic heterocycles. The van der Waals surface area contributed by atoms with E-state index in [0.717, 1.165) is 9.13 Å². The molecule has 0 aliphatic heterocycles. The van der Waals surface area contributed by atoms with Crippen molar-refractivity contribution >= 4 is 45.8 Å². The van der Waals surface area contributed by atoms with E-state index in [4.69, 9.17) is 22.1 Å². The van der Waals surface area contributed by atoms with Crippen molar-refractivity contribution in [1.29, 1.82) is 0 Å². The third-order valence-electron chi connectivity index (χ3n) is 2.93. The molecule has 0 radical (unpaired) electrons. The Balaban J connectivity index is 2.03. The van der Waals surface area contributed by atoms with Gasteiger partial charge < -0.3 is 15.8 Å². The van der Waals surface area contributed by atoms with Gasteiger partial charge in [-0.15, -0.1) is 0 Å². The number of amides is 1. The van der Waals surface area contributed by atoms with Gasteiger partial charge in [-0.05, 0) is 58.5 Å². The average Bonchev–Trinajstić information content (AvgIpc) is 2.47. The topological polar surface area (TPSA) is 64.3 Å². The molecule has 1 amide bonds. The van der Waals surface area contributed by atoms with E-state index in [0.29, 0.717) is 28.6 Å². The molecule has 110 valence electrons. The lowest BCUT2D eigenvalue weighted by Crippen LogP contribution is -2.22. The molecule has 0 unspecified atom stereocenters. The summed E-state index contributed by atoms with van der Waals surface area (Å²) in [7, 11) is 1.56. The third kappa shape index (κ3) is 4.01. The van der Waals surface area contributed by atoms with Gasteiger partial charge in [0.2, 0.25) is 0 Å². The predicted octanol–water partition coefficient (Wildman–Crippen LogP) is 3.47. The number of nitrogens with one attached hydrogen (secondary N) is 1. The van der Waals surface area contributed by atoms with E-state index in [2.05, 4.69) is 27.9 Å². The van der Waals surface area contributed by atoms with E-state index >= 15 is 0 Å². The maximum absolute atomic E-state index is 12.1.